The summed E-state index contributed by atoms with van der Waals surface area (Å²) >= 11 is 0. The van der Waals surface area contributed by atoms with Crippen molar-refractivity contribution < 1.29 is 9.47 Å². The van der Waals surface area contributed by atoms with Gasteiger partial charge in [-0.15, -0.1) is 0 Å². The fourth-order valence-electron chi connectivity index (χ4n) is 3.07. The Bertz CT molecular complexity index is 969. The number of allylic oxidation sites excluding steroid dienone is 2. The second kappa shape index (κ2) is 6.57. The minimum Gasteiger partial charge on any atom is -0.454 e. The summed E-state index contributed by atoms with van der Waals surface area (Å²) in [5, 5.41) is 0. The Balaban J connectivity index is 1.61. The van der Waals surface area contributed by atoms with Gasteiger partial charge in [0.05, 0.1) is 6.33 Å². The molecule has 1 aliphatic rings. The fraction of sp³-hybridized carbons (Fsp3) is 0.190. The predicted octanol–water partition coefficient (Wildman–Crippen LogP) is 4.36. The first-order chi connectivity index (χ1) is 12.2. The summed E-state index contributed by atoms with van der Waals surface area (Å²) in [5.41, 5.74) is 5.15. The van der Waals surface area contributed by atoms with Crippen LogP contribution in [0.4, 0.5) is 0 Å². The van der Waals surface area contributed by atoms with Crippen LogP contribution >= 0.6 is 0 Å². The highest BCUT2D eigenvalue weighted by Crippen LogP contribution is 2.36. The molecule has 1 aliphatic heterocycles. The van der Waals surface area contributed by atoms with E-state index in [1.165, 1.54) is 5.56 Å². The molecule has 4 rings (SSSR count). The van der Waals surface area contributed by atoms with E-state index in [0.29, 0.717) is 0 Å². The van der Waals surface area contributed by atoms with E-state index in [1.54, 1.807) is 13.4 Å². The van der Waals surface area contributed by atoms with Crippen LogP contribution < -0.4 is 4.74 Å². The molecule has 0 spiro atoms. The molecule has 3 aromatic rings. The van der Waals surface area contributed by atoms with Gasteiger partial charge in [-0.3, -0.25) is 0 Å². The van der Waals surface area contributed by atoms with Crippen molar-refractivity contribution in [3.8, 4) is 5.75 Å². The van der Waals surface area contributed by atoms with Crippen LogP contribution in [0, 0.1) is 0 Å². The topological polar surface area (TPSA) is 35.8 Å². The summed E-state index contributed by atoms with van der Waals surface area (Å²) < 4.78 is 13.2. The van der Waals surface area contributed by atoms with Crippen molar-refractivity contribution in [2.24, 2.45) is 0 Å². The molecule has 0 fully saturated rings. The standard InChI is InChI=1S/C21H20N2O2/c1-15-11-21(19-13-17-6-3-9-23(17)14-22-19)25-20-8-7-16(12-18(15)20)5-4-10-24-2/h3,6-9,11-14H,1,4-5,10H2,2H3. The van der Waals surface area contributed by atoms with E-state index < -0.39 is 0 Å². The Labute approximate surface area is 147 Å². The van der Waals surface area contributed by atoms with Gasteiger partial charge in [-0.2, -0.15) is 0 Å². The highest BCUT2D eigenvalue weighted by molar-refractivity contribution is 5.87. The maximum Gasteiger partial charge on any atom is 0.153 e. The summed E-state index contributed by atoms with van der Waals surface area (Å²) in [6, 6.07) is 12.3. The van der Waals surface area contributed by atoms with Crippen molar-refractivity contribution >= 4 is 16.8 Å². The Morgan fingerprint density at radius 3 is 3.04 bits per heavy atom. The van der Waals surface area contributed by atoms with Crippen LogP contribution in [0.25, 0.3) is 16.8 Å². The number of hydrogen-bond acceptors (Lipinski definition) is 3. The lowest BCUT2D eigenvalue weighted by Gasteiger charge is -2.20. The molecular weight excluding hydrogens is 312 g/mol. The van der Waals surface area contributed by atoms with E-state index in [1.807, 2.05) is 40.9 Å². The zero-order valence-electron chi connectivity index (χ0n) is 14.2. The molecule has 1 aromatic carbocycles. The van der Waals surface area contributed by atoms with E-state index in [-0.39, 0.29) is 0 Å². The molecule has 0 aliphatic carbocycles. The Morgan fingerprint density at radius 1 is 1.24 bits per heavy atom. The highest BCUT2D eigenvalue weighted by Gasteiger charge is 2.18. The number of fused-ring (bicyclic) bond motifs is 2. The number of hydrogen-bond donors (Lipinski definition) is 0. The van der Waals surface area contributed by atoms with Crippen LogP contribution in [0.15, 0.2) is 61.6 Å². The van der Waals surface area contributed by atoms with Crippen LogP contribution in [-0.4, -0.2) is 23.1 Å². The molecule has 0 bridgehead atoms. The van der Waals surface area contributed by atoms with Crippen LogP contribution in [0.2, 0.25) is 0 Å². The van der Waals surface area contributed by atoms with Gasteiger partial charge >= 0.3 is 0 Å². The molecule has 0 N–H and O–H groups in total. The van der Waals surface area contributed by atoms with E-state index in [0.717, 1.165) is 53.3 Å². The molecule has 126 valence electrons. The quantitative estimate of drug-likeness (QED) is 0.651. The van der Waals surface area contributed by atoms with Gasteiger partial charge in [0.15, 0.2) is 5.76 Å². The third-order valence-corrected chi connectivity index (χ3v) is 4.40. The first kappa shape index (κ1) is 15.7. The maximum absolute atomic E-state index is 6.10. The minimum absolute atomic E-state index is 0.730. The number of aromatic nitrogens is 2. The van der Waals surface area contributed by atoms with Crippen LogP contribution in [0.1, 0.15) is 23.2 Å². The SMILES string of the molecule is C=C1C=C(c2cc3cccn3cn2)Oc2ccc(CCCOC)cc21. The largest absolute Gasteiger partial charge is 0.454 e. The van der Waals surface area contributed by atoms with Crippen LogP contribution in [0.3, 0.4) is 0 Å². The summed E-state index contributed by atoms with van der Waals surface area (Å²) in [4.78, 5) is 4.49. The van der Waals surface area contributed by atoms with Crippen molar-refractivity contribution in [3.63, 3.8) is 0 Å². The monoisotopic (exact) mass is 332 g/mol. The highest BCUT2D eigenvalue weighted by atomic mass is 16.5. The molecule has 0 radical (unpaired) electrons. The average Bonchev–Trinajstić information content (AvgIpc) is 3.10. The molecule has 0 atom stereocenters. The van der Waals surface area contributed by atoms with Crippen molar-refractivity contribution in [2.75, 3.05) is 13.7 Å². The Kier molecular flexibility index (Phi) is 4.12. The lowest BCUT2D eigenvalue weighted by atomic mass is 9.98. The van der Waals surface area contributed by atoms with Crippen LogP contribution in [-0.2, 0) is 11.2 Å². The van der Waals surface area contributed by atoms with Crippen molar-refractivity contribution in [3.05, 3.63) is 78.4 Å². The van der Waals surface area contributed by atoms with Crippen molar-refractivity contribution in [1.29, 1.82) is 0 Å². The molecule has 25 heavy (non-hydrogen) atoms. The van der Waals surface area contributed by atoms with E-state index in [2.05, 4.69) is 23.7 Å². The lowest BCUT2D eigenvalue weighted by molar-refractivity contribution is 0.195. The number of aryl methyl sites for hydroxylation is 1. The molecule has 0 amide bonds. The van der Waals surface area contributed by atoms with Crippen molar-refractivity contribution in [1.82, 2.24) is 9.38 Å². The average molecular weight is 332 g/mol. The Morgan fingerprint density at radius 2 is 2.16 bits per heavy atom. The lowest BCUT2D eigenvalue weighted by Crippen LogP contribution is -2.06. The number of nitrogens with zero attached hydrogens (tertiary/aromatic N) is 2. The first-order valence-corrected chi connectivity index (χ1v) is 8.38. The van der Waals surface area contributed by atoms with E-state index in [4.69, 9.17) is 9.47 Å². The van der Waals surface area contributed by atoms with Gasteiger partial charge in [-0.25, -0.2) is 4.98 Å². The molecule has 0 saturated heterocycles. The number of benzene rings is 1. The summed E-state index contributed by atoms with van der Waals surface area (Å²) in [6.07, 6.45) is 7.72. The van der Waals surface area contributed by atoms with Gasteiger partial charge < -0.3 is 13.9 Å². The fourth-order valence-corrected chi connectivity index (χ4v) is 3.07. The number of ether oxygens (including phenoxy) is 2. The third-order valence-electron chi connectivity index (χ3n) is 4.40. The maximum atomic E-state index is 6.10. The first-order valence-electron chi connectivity index (χ1n) is 8.38. The second-order valence-corrected chi connectivity index (χ2v) is 6.18. The molecule has 0 unspecified atom stereocenters. The zero-order valence-corrected chi connectivity index (χ0v) is 14.2. The van der Waals surface area contributed by atoms with Gasteiger partial charge in [-0.1, -0.05) is 12.6 Å². The summed E-state index contributed by atoms with van der Waals surface area (Å²) in [7, 11) is 1.73. The molecule has 0 saturated carbocycles. The smallest absolute Gasteiger partial charge is 0.153 e. The molecule has 3 heterocycles. The predicted molar refractivity (Wildman–Crippen MR) is 99.5 cm³/mol. The summed E-state index contributed by atoms with van der Waals surface area (Å²) in [5.74, 6) is 1.56. The van der Waals surface area contributed by atoms with Gasteiger partial charge in [0.2, 0.25) is 0 Å². The van der Waals surface area contributed by atoms with Gasteiger partial charge in [0.25, 0.3) is 0 Å². The number of rotatable bonds is 5. The second-order valence-electron chi connectivity index (χ2n) is 6.18. The molecule has 2 aromatic heterocycles. The van der Waals surface area contributed by atoms with Crippen LogP contribution in [0.5, 0.6) is 5.75 Å². The van der Waals surface area contributed by atoms with E-state index in [9.17, 15) is 0 Å². The normalized spacial score (nSPS) is 13.5. The van der Waals surface area contributed by atoms with Gasteiger partial charge in [0, 0.05) is 31.0 Å². The van der Waals surface area contributed by atoms with E-state index >= 15 is 0 Å². The number of methoxy groups -OCH3 is 1. The third kappa shape index (κ3) is 3.08. The van der Waals surface area contributed by atoms with Gasteiger partial charge in [-0.05, 0) is 60.4 Å². The zero-order chi connectivity index (χ0) is 17.2. The Hall–Kier alpha value is -2.85. The molecular formula is C21H20N2O2. The minimum atomic E-state index is 0.730. The van der Waals surface area contributed by atoms with Gasteiger partial charge in [0.1, 0.15) is 11.4 Å². The van der Waals surface area contributed by atoms with Crippen molar-refractivity contribution in [2.45, 2.75) is 12.8 Å². The molecule has 4 heteroatoms. The molecule has 4 nitrogen and oxygen atoms in total. The summed E-state index contributed by atoms with van der Waals surface area (Å²) in [6.45, 7) is 4.98.